The molecular weight excluding hydrogens is 448 g/mol. The molecule has 0 unspecified atom stereocenters. The highest BCUT2D eigenvalue weighted by molar-refractivity contribution is 7.80. The highest BCUT2D eigenvalue weighted by Gasteiger charge is 2.22. The van der Waals surface area contributed by atoms with Gasteiger partial charge in [0.15, 0.2) is 5.76 Å². The zero-order valence-electron chi connectivity index (χ0n) is 18.3. The molecule has 4 aromatic rings. The summed E-state index contributed by atoms with van der Waals surface area (Å²) in [5.74, 6) is 1.52. The van der Waals surface area contributed by atoms with E-state index >= 15 is 0 Å². The second-order valence-electron chi connectivity index (χ2n) is 8.28. The molecule has 1 aliphatic rings. The molecule has 0 N–H and O–H groups in total. The summed E-state index contributed by atoms with van der Waals surface area (Å²) in [4.78, 5) is 5.42. The SMILES string of the molecule is S=C(c1ccc(-c2cccc(Cl)c2)o1)N1CCN(c2ccc(Cc3ccccc3)cc2)CC1. The van der Waals surface area contributed by atoms with Crippen LogP contribution in [0.15, 0.2) is 95.4 Å². The standard InChI is InChI=1S/C28H25ClN2OS/c29-24-8-4-7-23(20-24)26-13-14-27(32-26)28(33)31-17-15-30(16-18-31)25-11-9-22(10-12-25)19-21-5-2-1-3-6-21/h1-14,20H,15-19H2. The molecule has 0 saturated carbocycles. The zero-order valence-corrected chi connectivity index (χ0v) is 19.9. The van der Waals surface area contributed by atoms with Crippen molar-refractivity contribution < 1.29 is 4.42 Å². The summed E-state index contributed by atoms with van der Waals surface area (Å²) in [5, 5.41) is 0.692. The Hall–Kier alpha value is -3.08. The summed E-state index contributed by atoms with van der Waals surface area (Å²) >= 11 is 11.9. The van der Waals surface area contributed by atoms with Crippen molar-refractivity contribution in [3.8, 4) is 11.3 Å². The van der Waals surface area contributed by atoms with E-state index in [1.54, 1.807) is 0 Å². The highest BCUT2D eigenvalue weighted by Crippen LogP contribution is 2.26. The van der Waals surface area contributed by atoms with Crippen LogP contribution in [0, 0.1) is 0 Å². The predicted octanol–water partition coefficient (Wildman–Crippen LogP) is 6.69. The van der Waals surface area contributed by atoms with E-state index in [0.717, 1.165) is 54.7 Å². The molecule has 0 aliphatic carbocycles. The first-order chi connectivity index (χ1) is 16.2. The van der Waals surface area contributed by atoms with E-state index in [1.807, 2.05) is 36.4 Å². The van der Waals surface area contributed by atoms with Crippen LogP contribution in [0.4, 0.5) is 5.69 Å². The van der Waals surface area contributed by atoms with Crippen LogP contribution in [0.2, 0.25) is 5.02 Å². The maximum Gasteiger partial charge on any atom is 0.162 e. The first-order valence-corrected chi connectivity index (χ1v) is 12.0. The van der Waals surface area contributed by atoms with Crippen molar-refractivity contribution in [1.82, 2.24) is 4.90 Å². The second kappa shape index (κ2) is 9.82. The molecule has 33 heavy (non-hydrogen) atoms. The van der Waals surface area contributed by atoms with E-state index in [0.29, 0.717) is 5.02 Å². The van der Waals surface area contributed by atoms with Gasteiger partial charge in [-0.2, -0.15) is 0 Å². The van der Waals surface area contributed by atoms with Gasteiger partial charge in [-0.15, -0.1) is 0 Å². The van der Waals surface area contributed by atoms with E-state index in [4.69, 9.17) is 28.2 Å². The third kappa shape index (κ3) is 5.13. The average Bonchev–Trinajstić information content (AvgIpc) is 3.35. The van der Waals surface area contributed by atoms with Crippen molar-refractivity contribution in [3.05, 3.63) is 113 Å². The molecule has 1 aliphatic heterocycles. The van der Waals surface area contributed by atoms with Gasteiger partial charge in [-0.1, -0.05) is 78.4 Å². The first-order valence-electron chi connectivity index (χ1n) is 11.2. The summed E-state index contributed by atoms with van der Waals surface area (Å²) in [5.41, 5.74) is 4.89. The molecule has 0 amide bonds. The number of hydrogen-bond donors (Lipinski definition) is 0. The fraction of sp³-hybridized carbons (Fsp3) is 0.179. The minimum absolute atomic E-state index is 0.692. The van der Waals surface area contributed by atoms with Crippen LogP contribution in [0.3, 0.4) is 0 Å². The number of benzene rings is 3. The van der Waals surface area contributed by atoms with Crippen LogP contribution in [-0.2, 0) is 6.42 Å². The smallest absolute Gasteiger partial charge is 0.162 e. The van der Waals surface area contributed by atoms with Gasteiger partial charge in [0.1, 0.15) is 10.7 Å². The lowest BCUT2D eigenvalue weighted by atomic mass is 10.0. The molecular formula is C28H25ClN2OS. The fourth-order valence-corrected chi connectivity index (χ4v) is 4.71. The lowest BCUT2D eigenvalue weighted by molar-refractivity contribution is 0.385. The Balaban J connectivity index is 1.18. The maximum atomic E-state index is 6.11. The lowest BCUT2D eigenvalue weighted by Crippen LogP contribution is -2.48. The van der Waals surface area contributed by atoms with Crippen molar-refractivity contribution in [2.75, 3.05) is 31.1 Å². The molecule has 3 nitrogen and oxygen atoms in total. The Morgan fingerprint density at radius 1 is 0.788 bits per heavy atom. The van der Waals surface area contributed by atoms with Crippen molar-refractivity contribution in [1.29, 1.82) is 0 Å². The molecule has 5 heteroatoms. The topological polar surface area (TPSA) is 19.6 Å². The van der Waals surface area contributed by atoms with Gasteiger partial charge < -0.3 is 14.2 Å². The van der Waals surface area contributed by atoms with Gasteiger partial charge >= 0.3 is 0 Å². The number of rotatable bonds is 5. The monoisotopic (exact) mass is 472 g/mol. The normalized spacial score (nSPS) is 13.8. The summed E-state index contributed by atoms with van der Waals surface area (Å²) in [6.07, 6.45) is 0.962. The summed E-state index contributed by atoms with van der Waals surface area (Å²) < 4.78 is 6.06. The zero-order chi connectivity index (χ0) is 22.6. The van der Waals surface area contributed by atoms with Crippen LogP contribution >= 0.6 is 23.8 Å². The molecule has 1 fully saturated rings. The molecule has 0 spiro atoms. The van der Waals surface area contributed by atoms with Gasteiger partial charge in [0, 0.05) is 42.5 Å². The van der Waals surface area contributed by atoms with Gasteiger partial charge in [0.2, 0.25) is 0 Å². The van der Waals surface area contributed by atoms with Gasteiger partial charge in [-0.3, -0.25) is 0 Å². The van der Waals surface area contributed by atoms with Crippen molar-refractivity contribution in [2.24, 2.45) is 0 Å². The van der Waals surface area contributed by atoms with E-state index < -0.39 is 0 Å². The summed E-state index contributed by atoms with van der Waals surface area (Å²) in [6.45, 7) is 3.61. The van der Waals surface area contributed by atoms with E-state index in [1.165, 1.54) is 16.8 Å². The minimum Gasteiger partial charge on any atom is -0.454 e. The number of anilines is 1. The van der Waals surface area contributed by atoms with Gasteiger partial charge in [0.05, 0.1) is 0 Å². The van der Waals surface area contributed by atoms with Gasteiger partial charge in [0.25, 0.3) is 0 Å². The number of halogens is 1. The summed E-state index contributed by atoms with van der Waals surface area (Å²) in [7, 11) is 0. The second-order valence-corrected chi connectivity index (χ2v) is 9.11. The Morgan fingerprint density at radius 2 is 1.52 bits per heavy atom. The number of furan rings is 1. The van der Waals surface area contributed by atoms with Crippen LogP contribution in [-0.4, -0.2) is 36.1 Å². The van der Waals surface area contributed by atoms with Gasteiger partial charge in [-0.05, 0) is 53.9 Å². The quantitative estimate of drug-likeness (QED) is 0.301. The van der Waals surface area contributed by atoms with Crippen LogP contribution in [0.1, 0.15) is 16.9 Å². The Kier molecular flexibility index (Phi) is 6.47. The Labute approximate surface area is 205 Å². The minimum atomic E-state index is 0.692. The molecule has 0 atom stereocenters. The largest absolute Gasteiger partial charge is 0.454 e. The van der Waals surface area contributed by atoms with Crippen LogP contribution in [0.25, 0.3) is 11.3 Å². The lowest BCUT2D eigenvalue weighted by Gasteiger charge is -2.37. The summed E-state index contributed by atoms with van der Waals surface area (Å²) in [6, 6.07) is 31.1. The average molecular weight is 473 g/mol. The maximum absolute atomic E-state index is 6.11. The molecule has 2 heterocycles. The highest BCUT2D eigenvalue weighted by atomic mass is 35.5. The fourth-order valence-electron chi connectivity index (χ4n) is 4.23. The number of piperazine rings is 1. The van der Waals surface area contributed by atoms with Crippen molar-refractivity contribution in [3.63, 3.8) is 0 Å². The molecule has 166 valence electrons. The predicted molar refractivity (Wildman–Crippen MR) is 140 cm³/mol. The number of nitrogens with zero attached hydrogens (tertiary/aromatic N) is 2. The Morgan fingerprint density at radius 3 is 2.24 bits per heavy atom. The molecule has 1 saturated heterocycles. The van der Waals surface area contributed by atoms with E-state index in [9.17, 15) is 0 Å². The van der Waals surface area contributed by atoms with Gasteiger partial charge in [-0.25, -0.2) is 0 Å². The first kappa shape index (κ1) is 21.7. The molecule has 0 radical (unpaired) electrons. The number of thiocarbonyl (C=S) groups is 1. The van der Waals surface area contributed by atoms with E-state index in [2.05, 4.69) is 64.4 Å². The Bertz CT molecular complexity index is 1230. The van der Waals surface area contributed by atoms with E-state index in [-0.39, 0.29) is 0 Å². The van der Waals surface area contributed by atoms with Crippen molar-refractivity contribution >= 4 is 34.5 Å². The van der Waals surface area contributed by atoms with Crippen molar-refractivity contribution in [2.45, 2.75) is 6.42 Å². The number of hydrogen-bond acceptors (Lipinski definition) is 3. The van der Waals surface area contributed by atoms with Crippen LogP contribution in [0.5, 0.6) is 0 Å². The molecule has 1 aromatic heterocycles. The van der Waals surface area contributed by atoms with Crippen LogP contribution < -0.4 is 4.90 Å². The molecule has 3 aromatic carbocycles. The third-order valence-corrected chi connectivity index (χ3v) is 6.74. The molecule has 5 rings (SSSR count). The third-order valence-electron chi connectivity index (χ3n) is 6.05. The molecule has 0 bridgehead atoms.